The summed E-state index contributed by atoms with van der Waals surface area (Å²) in [5.74, 6) is -2.99. The lowest BCUT2D eigenvalue weighted by atomic mass is 9.96. The zero-order valence-electron chi connectivity index (χ0n) is 24.3. The average molecular weight is 584 g/mol. The van der Waals surface area contributed by atoms with Crippen LogP contribution in [0.1, 0.15) is 37.0 Å². The summed E-state index contributed by atoms with van der Waals surface area (Å²) in [6.07, 6.45) is 0.577. The molecule has 1 aliphatic rings. The molecule has 1 heterocycles. The van der Waals surface area contributed by atoms with Gasteiger partial charge in [0.15, 0.2) is 6.10 Å². The van der Waals surface area contributed by atoms with Gasteiger partial charge in [0.2, 0.25) is 11.8 Å². The Morgan fingerprint density at radius 1 is 0.860 bits per heavy atom. The van der Waals surface area contributed by atoms with Gasteiger partial charge in [0.25, 0.3) is 5.91 Å². The molecule has 0 fully saturated rings. The van der Waals surface area contributed by atoms with E-state index in [9.17, 15) is 29.4 Å². The molecule has 3 aromatic rings. The van der Waals surface area contributed by atoms with Gasteiger partial charge >= 0.3 is 5.97 Å². The molecule has 2 unspecified atom stereocenters. The molecule has 224 valence electrons. The van der Waals surface area contributed by atoms with E-state index in [0.29, 0.717) is 17.7 Å². The minimum Gasteiger partial charge on any atom is -0.479 e. The number of rotatable bonds is 12. The van der Waals surface area contributed by atoms with E-state index < -0.39 is 42.5 Å². The number of carboxylic acids is 1. The van der Waals surface area contributed by atoms with Crippen molar-refractivity contribution in [3.8, 4) is 0 Å². The fourth-order valence-corrected chi connectivity index (χ4v) is 5.22. The van der Waals surface area contributed by atoms with Gasteiger partial charge in [-0.3, -0.25) is 19.3 Å². The highest BCUT2D eigenvalue weighted by Gasteiger charge is 2.41. The lowest BCUT2D eigenvalue weighted by Gasteiger charge is -2.41. The Morgan fingerprint density at radius 3 is 1.98 bits per heavy atom. The van der Waals surface area contributed by atoms with E-state index in [4.69, 9.17) is 0 Å². The van der Waals surface area contributed by atoms with E-state index in [2.05, 4.69) is 5.32 Å². The smallest absolute Gasteiger partial charge is 0.334 e. The van der Waals surface area contributed by atoms with Crippen LogP contribution in [0, 0.1) is 5.92 Å². The molecule has 0 radical (unpaired) electrons. The summed E-state index contributed by atoms with van der Waals surface area (Å²) in [5, 5.41) is 22.5. The number of nitrogens with zero attached hydrogens (tertiary/aromatic N) is 2. The number of hydrogen-bond acceptors (Lipinski definition) is 5. The van der Waals surface area contributed by atoms with Gasteiger partial charge in [-0.2, -0.15) is 0 Å². The number of amides is 3. The summed E-state index contributed by atoms with van der Waals surface area (Å²) in [7, 11) is 0. The van der Waals surface area contributed by atoms with Crippen LogP contribution >= 0.6 is 0 Å². The van der Waals surface area contributed by atoms with Crippen molar-refractivity contribution in [3.05, 3.63) is 114 Å². The maximum Gasteiger partial charge on any atom is 0.334 e. The lowest BCUT2D eigenvalue weighted by Crippen LogP contribution is -2.57. The van der Waals surface area contributed by atoms with Crippen LogP contribution in [0.3, 0.4) is 0 Å². The Kier molecular flexibility index (Phi) is 10.5. The van der Waals surface area contributed by atoms with E-state index in [1.54, 1.807) is 54.7 Å². The predicted octanol–water partition coefficient (Wildman–Crippen LogP) is 3.49. The highest BCUT2D eigenvalue weighted by molar-refractivity contribution is 5.99. The van der Waals surface area contributed by atoms with E-state index in [-0.39, 0.29) is 24.7 Å². The third-order valence-corrected chi connectivity index (χ3v) is 7.41. The minimum absolute atomic E-state index is 0.0771. The molecule has 0 bridgehead atoms. The molecule has 0 aromatic heterocycles. The van der Waals surface area contributed by atoms with Gasteiger partial charge in [-0.05, 0) is 35.4 Å². The molecular formula is C34H37N3O6. The number of aliphatic hydroxyl groups is 1. The Bertz CT molecular complexity index is 1440. The number of aliphatic carboxylic acids is 1. The van der Waals surface area contributed by atoms with Gasteiger partial charge in [-0.15, -0.1) is 0 Å². The summed E-state index contributed by atoms with van der Waals surface area (Å²) in [6, 6.07) is 25.6. The summed E-state index contributed by atoms with van der Waals surface area (Å²) in [5.41, 5.74) is 2.76. The SMILES string of the molecule is CC(C)C1C(=O)N(CC(=O)N[C@@H](Cc2ccccc2)C(O)C(=O)O)C(c2ccccc2)=CN1C(=O)CCc1ccccc1. The normalized spacial score (nSPS) is 16.4. The number of carbonyl (C=O) groups is 4. The van der Waals surface area contributed by atoms with Gasteiger partial charge in [-0.25, -0.2) is 4.79 Å². The zero-order chi connectivity index (χ0) is 30.9. The molecule has 9 heteroatoms. The van der Waals surface area contributed by atoms with Gasteiger partial charge in [0, 0.05) is 12.6 Å². The van der Waals surface area contributed by atoms with Crippen LogP contribution in [-0.2, 0) is 32.0 Å². The van der Waals surface area contributed by atoms with Gasteiger partial charge < -0.3 is 20.4 Å². The van der Waals surface area contributed by atoms with Crippen LogP contribution in [0.25, 0.3) is 5.70 Å². The fourth-order valence-electron chi connectivity index (χ4n) is 5.22. The van der Waals surface area contributed by atoms with Gasteiger partial charge in [0.05, 0.1) is 11.7 Å². The van der Waals surface area contributed by atoms with Crippen LogP contribution in [0.4, 0.5) is 0 Å². The number of benzene rings is 3. The number of hydrogen-bond donors (Lipinski definition) is 3. The number of aliphatic hydroxyl groups excluding tert-OH is 1. The van der Waals surface area contributed by atoms with Crippen molar-refractivity contribution in [2.24, 2.45) is 5.92 Å². The van der Waals surface area contributed by atoms with E-state index in [1.165, 1.54) is 9.80 Å². The molecule has 9 nitrogen and oxygen atoms in total. The van der Waals surface area contributed by atoms with E-state index >= 15 is 0 Å². The molecule has 0 spiro atoms. The monoisotopic (exact) mass is 583 g/mol. The van der Waals surface area contributed by atoms with Crippen molar-refractivity contribution >= 4 is 29.4 Å². The molecule has 3 amide bonds. The Morgan fingerprint density at radius 2 is 1.42 bits per heavy atom. The molecule has 3 N–H and O–H groups in total. The average Bonchev–Trinajstić information content (AvgIpc) is 3.01. The van der Waals surface area contributed by atoms with Gasteiger partial charge in [-0.1, -0.05) is 105 Å². The minimum atomic E-state index is -1.86. The second-order valence-electron chi connectivity index (χ2n) is 10.9. The van der Waals surface area contributed by atoms with E-state index in [1.807, 2.05) is 56.3 Å². The van der Waals surface area contributed by atoms with Crippen LogP contribution in [0.15, 0.2) is 97.2 Å². The second-order valence-corrected chi connectivity index (χ2v) is 10.9. The van der Waals surface area contributed by atoms with Crippen molar-refractivity contribution in [1.82, 2.24) is 15.1 Å². The molecule has 1 aliphatic heterocycles. The van der Waals surface area contributed by atoms with Crippen molar-refractivity contribution in [2.75, 3.05) is 6.54 Å². The standard InChI is InChI=1S/C34H37N3O6/c1-23(2)31-33(41)36(22-29(38)35-27(32(40)34(42)43)20-25-14-8-4-9-15-25)28(26-16-10-5-11-17-26)21-37(31)30(39)19-18-24-12-6-3-7-13-24/h3-17,21,23,27,31-32,40H,18-20,22H2,1-2H3,(H,35,38)(H,42,43)/t27-,31?,32?/m0/s1. The van der Waals surface area contributed by atoms with Crippen molar-refractivity contribution in [3.63, 3.8) is 0 Å². The first kappa shape index (κ1) is 31.2. The molecular weight excluding hydrogens is 546 g/mol. The third-order valence-electron chi connectivity index (χ3n) is 7.41. The number of aryl methyl sites for hydroxylation is 1. The second kappa shape index (κ2) is 14.4. The maximum absolute atomic E-state index is 14.1. The van der Waals surface area contributed by atoms with Crippen LogP contribution < -0.4 is 5.32 Å². The number of carbonyl (C=O) groups excluding carboxylic acids is 3. The fraction of sp³-hybridized carbons (Fsp3) is 0.294. The van der Waals surface area contributed by atoms with Crippen molar-refractivity contribution in [2.45, 2.75) is 51.3 Å². The largest absolute Gasteiger partial charge is 0.479 e. The zero-order valence-corrected chi connectivity index (χ0v) is 24.3. The summed E-state index contributed by atoms with van der Waals surface area (Å²) >= 11 is 0. The summed E-state index contributed by atoms with van der Waals surface area (Å²) < 4.78 is 0. The molecule has 0 saturated carbocycles. The third kappa shape index (κ3) is 7.96. The molecule has 3 aromatic carbocycles. The first-order valence-corrected chi connectivity index (χ1v) is 14.3. The number of nitrogens with one attached hydrogen (secondary N) is 1. The van der Waals surface area contributed by atoms with Crippen LogP contribution in [-0.4, -0.2) is 68.4 Å². The Hall–Kier alpha value is -4.76. The molecule has 4 rings (SSSR count). The molecule has 43 heavy (non-hydrogen) atoms. The van der Waals surface area contributed by atoms with Crippen molar-refractivity contribution in [1.29, 1.82) is 0 Å². The number of carboxylic acid groups (broad SMARTS) is 1. The highest BCUT2D eigenvalue weighted by atomic mass is 16.4. The van der Waals surface area contributed by atoms with Crippen LogP contribution in [0.2, 0.25) is 0 Å². The quantitative estimate of drug-likeness (QED) is 0.300. The molecule has 3 atom stereocenters. The maximum atomic E-state index is 14.1. The molecule has 0 aliphatic carbocycles. The first-order chi connectivity index (χ1) is 20.7. The Balaban J connectivity index is 1.62. The molecule has 0 saturated heterocycles. The topological polar surface area (TPSA) is 127 Å². The van der Waals surface area contributed by atoms with Crippen LogP contribution in [0.5, 0.6) is 0 Å². The van der Waals surface area contributed by atoms with E-state index in [0.717, 1.165) is 11.1 Å². The van der Waals surface area contributed by atoms with Gasteiger partial charge in [0.1, 0.15) is 12.6 Å². The highest BCUT2D eigenvalue weighted by Crippen LogP contribution is 2.30. The first-order valence-electron chi connectivity index (χ1n) is 14.3. The summed E-state index contributed by atoms with van der Waals surface area (Å²) in [6.45, 7) is 3.27. The van der Waals surface area contributed by atoms with Crippen molar-refractivity contribution < 1.29 is 29.4 Å². The predicted molar refractivity (Wildman–Crippen MR) is 162 cm³/mol. The Labute approximate surface area is 251 Å². The summed E-state index contributed by atoms with van der Waals surface area (Å²) in [4.78, 5) is 55.5. The lowest BCUT2D eigenvalue weighted by molar-refractivity contribution is -0.149.